The number of fused-ring (bicyclic) bond motifs is 5. The molecule has 0 aliphatic heterocycles. The third-order valence-electron chi connectivity index (χ3n) is 11.3. The zero-order valence-corrected chi connectivity index (χ0v) is 21.1. The lowest BCUT2D eigenvalue weighted by Gasteiger charge is -2.62. The van der Waals surface area contributed by atoms with Gasteiger partial charge in [0.05, 0.1) is 12.2 Å². The quantitative estimate of drug-likeness (QED) is 0.467. The van der Waals surface area contributed by atoms with Gasteiger partial charge in [0.1, 0.15) is 0 Å². The monoisotopic (exact) mass is 428 g/mol. The van der Waals surface area contributed by atoms with Crippen LogP contribution in [0.4, 0.5) is 0 Å². The second kappa shape index (κ2) is 8.01. The number of aliphatic hydroxyl groups is 2. The second-order valence-electron chi connectivity index (χ2n) is 13.0. The highest BCUT2D eigenvalue weighted by Crippen LogP contribution is 2.71. The van der Waals surface area contributed by atoms with Crippen LogP contribution in [0.25, 0.3) is 0 Å². The van der Waals surface area contributed by atoms with Crippen LogP contribution in [0, 0.1) is 45.8 Å². The normalized spacial score (nSPS) is 47.9. The average Bonchev–Trinajstić information content (AvgIpc) is 2.98. The van der Waals surface area contributed by atoms with Crippen LogP contribution >= 0.6 is 0 Å². The van der Waals surface area contributed by atoms with Crippen molar-refractivity contribution in [1.82, 2.24) is 0 Å². The van der Waals surface area contributed by atoms with Gasteiger partial charge < -0.3 is 10.2 Å². The van der Waals surface area contributed by atoms with Gasteiger partial charge in [0, 0.05) is 5.92 Å². The van der Waals surface area contributed by atoms with Gasteiger partial charge in [-0.1, -0.05) is 65.3 Å². The van der Waals surface area contributed by atoms with E-state index in [1.54, 1.807) is 5.57 Å². The van der Waals surface area contributed by atoms with E-state index < -0.39 is 0 Å². The molecular formula is C29H48O2. The van der Waals surface area contributed by atoms with E-state index in [-0.39, 0.29) is 28.5 Å². The molecule has 0 radical (unpaired) electrons. The SMILES string of the molecule is C=C(CC[C@@H](C)[C@H]1CC[C@@]2(C)[C@H]3C(=CC[C@]12C)[C@@]1(C)CCC(O)CC1CC3O)C(C)C. The summed E-state index contributed by atoms with van der Waals surface area (Å²) in [5.41, 5.74) is 3.56. The van der Waals surface area contributed by atoms with Crippen LogP contribution in [-0.2, 0) is 0 Å². The van der Waals surface area contributed by atoms with Crippen molar-refractivity contribution in [1.29, 1.82) is 0 Å². The van der Waals surface area contributed by atoms with E-state index in [4.69, 9.17) is 0 Å². The molecule has 2 nitrogen and oxygen atoms in total. The molecule has 4 rings (SSSR count). The molecule has 0 bridgehead atoms. The topological polar surface area (TPSA) is 40.5 Å². The smallest absolute Gasteiger partial charge is 0.0614 e. The molecule has 3 saturated carbocycles. The number of rotatable bonds is 5. The molecule has 2 heteroatoms. The van der Waals surface area contributed by atoms with Crippen molar-refractivity contribution in [2.24, 2.45) is 45.8 Å². The van der Waals surface area contributed by atoms with Gasteiger partial charge in [0.15, 0.2) is 0 Å². The van der Waals surface area contributed by atoms with Crippen molar-refractivity contribution >= 4 is 0 Å². The minimum absolute atomic E-state index is 0.173. The van der Waals surface area contributed by atoms with Crippen molar-refractivity contribution in [2.45, 2.75) is 112 Å². The van der Waals surface area contributed by atoms with Crippen LogP contribution in [0.3, 0.4) is 0 Å². The molecule has 0 heterocycles. The number of allylic oxidation sites excluding steroid dienone is 2. The first kappa shape index (κ1) is 23.6. The molecule has 0 aromatic carbocycles. The minimum Gasteiger partial charge on any atom is -0.393 e. The number of hydrogen-bond donors (Lipinski definition) is 2. The van der Waals surface area contributed by atoms with Crippen molar-refractivity contribution in [3.63, 3.8) is 0 Å². The zero-order chi connectivity index (χ0) is 22.8. The maximum absolute atomic E-state index is 11.5. The Kier molecular flexibility index (Phi) is 6.09. The Bertz CT molecular complexity index is 737. The molecule has 31 heavy (non-hydrogen) atoms. The number of hydrogen-bond acceptors (Lipinski definition) is 2. The summed E-state index contributed by atoms with van der Waals surface area (Å²) in [7, 11) is 0. The predicted molar refractivity (Wildman–Crippen MR) is 130 cm³/mol. The molecule has 4 aliphatic carbocycles. The molecule has 0 spiro atoms. The summed E-state index contributed by atoms with van der Waals surface area (Å²) < 4.78 is 0. The largest absolute Gasteiger partial charge is 0.393 e. The Morgan fingerprint density at radius 2 is 1.77 bits per heavy atom. The Balaban J connectivity index is 1.61. The lowest BCUT2D eigenvalue weighted by molar-refractivity contribution is -0.109. The molecule has 4 aliphatic rings. The van der Waals surface area contributed by atoms with Crippen LogP contribution in [0.15, 0.2) is 23.8 Å². The van der Waals surface area contributed by atoms with Crippen molar-refractivity contribution in [3.05, 3.63) is 23.8 Å². The summed E-state index contributed by atoms with van der Waals surface area (Å²) in [5, 5.41) is 21.8. The Morgan fingerprint density at radius 1 is 1.06 bits per heavy atom. The Labute approximate surface area is 191 Å². The summed E-state index contributed by atoms with van der Waals surface area (Å²) in [4.78, 5) is 0. The maximum Gasteiger partial charge on any atom is 0.0614 e. The van der Waals surface area contributed by atoms with E-state index in [1.807, 2.05) is 0 Å². The lowest BCUT2D eigenvalue weighted by atomic mass is 9.43. The molecule has 176 valence electrons. The van der Waals surface area contributed by atoms with Crippen LogP contribution < -0.4 is 0 Å². The molecular weight excluding hydrogens is 380 g/mol. The molecule has 0 amide bonds. The van der Waals surface area contributed by atoms with E-state index in [9.17, 15) is 10.2 Å². The first-order valence-corrected chi connectivity index (χ1v) is 13.2. The van der Waals surface area contributed by atoms with Crippen molar-refractivity contribution in [2.75, 3.05) is 0 Å². The first-order valence-electron chi connectivity index (χ1n) is 13.2. The lowest BCUT2D eigenvalue weighted by Crippen LogP contribution is -2.57. The highest BCUT2D eigenvalue weighted by atomic mass is 16.3. The van der Waals surface area contributed by atoms with Gasteiger partial charge in [0.25, 0.3) is 0 Å². The third kappa shape index (κ3) is 3.50. The molecule has 0 aromatic heterocycles. The summed E-state index contributed by atoms with van der Waals surface area (Å²) in [6.45, 7) is 18.8. The van der Waals surface area contributed by atoms with Crippen molar-refractivity contribution < 1.29 is 10.2 Å². The standard InChI is InChI=1S/C29H48O2/c1-18(2)19(3)8-9-20(4)23-11-15-29(7)26-24(12-14-28(23,29)6)27(5)13-10-22(30)16-21(27)17-25(26)31/h12,18,20-23,25-26,30-31H,3,8-11,13-17H2,1-2,4-7H3/t20-,21?,22?,23-,25?,26+,27+,28-,29+/m1/s1. The summed E-state index contributed by atoms with van der Waals surface area (Å²) >= 11 is 0. The molecule has 3 unspecified atom stereocenters. The fourth-order valence-corrected chi connectivity index (χ4v) is 8.75. The molecule has 3 fully saturated rings. The Morgan fingerprint density at radius 3 is 2.45 bits per heavy atom. The number of aliphatic hydroxyl groups excluding tert-OH is 2. The molecule has 0 aromatic rings. The van der Waals surface area contributed by atoms with Gasteiger partial charge in [0.2, 0.25) is 0 Å². The van der Waals surface area contributed by atoms with Gasteiger partial charge in [-0.3, -0.25) is 0 Å². The van der Waals surface area contributed by atoms with E-state index in [0.717, 1.165) is 44.4 Å². The summed E-state index contributed by atoms with van der Waals surface area (Å²) in [6, 6.07) is 0. The van der Waals surface area contributed by atoms with Crippen LogP contribution in [0.2, 0.25) is 0 Å². The predicted octanol–water partition coefficient (Wildman–Crippen LogP) is 6.92. The molecule has 2 N–H and O–H groups in total. The summed E-state index contributed by atoms with van der Waals surface area (Å²) in [5.74, 6) is 2.73. The third-order valence-corrected chi connectivity index (χ3v) is 11.3. The average molecular weight is 429 g/mol. The fourth-order valence-electron chi connectivity index (χ4n) is 8.75. The first-order chi connectivity index (χ1) is 14.4. The second-order valence-corrected chi connectivity index (χ2v) is 13.0. The Hall–Kier alpha value is -0.600. The minimum atomic E-state index is -0.256. The van der Waals surface area contributed by atoms with Gasteiger partial charge in [-0.2, -0.15) is 0 Å². The van der Waals surface area contributed by atoms with Gasteiger partial charge >= 0.3 is 0 Å². The van der Waals surface area contributed by atoms with Gasteiger partial charge in [-0.15, -0.1) is 0 Å². The molecule has 0 saturated heterocycles. The van der Waals surface area contributed by atoms with E-state index in [2.05, 4.69) is 54.2 Å². The van der Waals surface area contributed by atoms with Gasteiger partial charge in [-0.25, -0.2) is 0 Å². The van der Waals surface area contributed by atoms with Crippen LogP contribution in [0.1, 0.15) is 99.3 Å². The zero-order valence-electron chi connectivity index (χ0n) is 21.1. The van der Waals surface area contributed by atoms with E-state index in [0.29, 0.717) is 23.7 Å². The maximum atomic E-state index is 11.5. The highest BCUT2D eigenvalue weighted by molar-refractivity contribution is 5.33. The van der Waals surface area contributed by atoms with E-state index >= 15 is 0 Å². The van der Waals surface area contributed by atoms with Crippen molar-refractivity contribution in [3.8, 4) is 0 Å². The highest BCUT2D eigenvalue weighted by Gasteiger charge is 2.65. The van der Waals surface area contributed by atoms with Gasteiger partial charge in [-0.05, 0) is 97.7 Å². The fraction of sp³-hybridized carbons (Fsp3) is 0.862. The summed E-state index contributed by atoms with van der Waals surface area (Å²) in [6.07, 6.45) is 12.0. The van der Waals surface area contributed by atoms with E-state index in [1.165, 1.54) is 24.8 Å². The molecule has 9 atom stereocenters. The van der Waals surface area contributed by atoms with Crippen LogP contribution in [0.5, 0.6) is 0 Å². The van der Waals surface area contributed by atoms with Crippen LogP contribution in [-0.4, -0.2) is 22.4 Å².